The van der Waals surface area contributed by atoms with E-state index in [0.29, 0.717) is 23.4 Å². The van der Waals surface area contributed by atoms with E-state index < -0.39 is 10.0 Å². The molecule has 0 aliphatic rings. The van der Waals surface area contributed by atoms with Gasteiger partial charge in [0.2, 0.25) is 0 Å². The third-order valence-corrected chi connectivity index (χ3v) is 6.92. The summed E-state index contributed by atoms with van der Waals surface area (Å²) in [5.74, 6) is 0. The molecule has 0 saturated heterocycles. The minimum atomic E-state index is -3.89. The monoisotopic (exact) mass is 380 g/mol. The summed E-state index contributed by atoms with van der Waals surface area (Å²) in [4.78, 5) is 4.79. The molecule has 0 saturated carbocycles. The van der Waals surface area contributed by atoms with Gasteiger partial charge in [0.25, 0.3) is 10.0 Å². The van der Waals surface area contributed by atoms with E-state index >= 15 is 0 Å². The average molecular weight is 381 g/mol. The van der Waals surface area contributed by atoms with Crippen molar-refractivity contribution in [3.8, 4) is 0 Å². The third-order valence-electron chi connectivity index (χ3n) is 3.83. The zero-order valence-corrected chi connectivity index (χ0v) is 14.8. The molecule has 124 valence electrons. The molecule has 0 atom stereocenters. The predicted molar refractivity (Wildman–Crippen MR) is 95.4 cm³/mol. The van der Waals surface area contributed by atoms with Crippen molar-refractivity contribution in [3.63, 3.8) is 0 Å². The molecule has 0 amide bonds. The molecule has 0 aliphatic carbocycles. The quantitative estimate of drug-likeness (QED) is 0.590. The van der Waals surface area contributed by atoms with Crippen molar-refractivity contribution < 1.29 is 8.42 Å². The number of nitrogens with two attached hydrogens (primary N) is 1. The Bertz CT molecular complexity index is 1160. The summed E-state index contributed by atoms with van der Waals surface area (Å²) in [7, 11) is -3.89. The van der Waals surface area contributed by atoms with Crippen LogP contribution >= 0.6 is 22.9 Å². The lowest BCUT2D eigenvalue weighted by Gasteiger charge is -2.06. The van der Waals surface area contributed by atoms with Gasteiger partial charge >= 0.3 is 0 Å². The Labute approximate surface area is 147 Å². The van der Waals surface area contributed by atoms with Gasteiger partial charge in [-0.15, -0.1) is 11.3 Å². The van der Waals surface area contributed by atoms with Crippen LogP contribution in [0.4, 0.5) is 0 Å². The van der Waals surface area contributed by atoms with Crippen molar-refractivity contribution in [1.82, 2.24) is 13.4 Å². The Balaban J connectivity index is 2.01. The number of hydrogen-bond acceptors (Lipinski definition) is 5. The van der Waals surface area contributed by atoms with Crippen molar-refractivity contribution in [2.75, 3.05) is 6.54 Å². The van der Waals surface area contributed by atoms with E-state index in [1.54, 1.807) is 30.6 Å². The van der Waals surface area contributed by atoms with Crippen LogP contribution in [0.1, 0.15) is 5.56 Å². The maximum absolute atomic E-state index is 13.3. The maximum atomic E-state index is 13.3. The highest BCUT2D eigenvalue weighted by atomic mass is 35.5. The van der Waals surface area contributed by atoms with Gasteiger partial charge in [0.1, 0.15) is 10.5 Å². The number of halogens is 1. The molecule has 0 unspecified atom stereocenters. The largest absolute Gasteiger partial charge is 0.330 e. The summed E-state index contributed by atoms with van der Waals surface area (Å²) in [6, 6.07) is 7.13. The SMILES string of the molecule is NCCc1cn(S(=O)(=O)c2c(Cl)nc3ccccn23)c2sccc12. The van der Waals surface area contributed by atoms with Gasteiger partial charge in [0.15, 0.2) is 10.2 Å². The molecule has 0 aromatic carbocycles. The summed E-state index contributed by atoms with van der Waals surface area (Å²) in [6.45, 7) is 0.450. The summed E-state index contributed by atoms with van der Waals surface area (Å²) in [5, 5.41) is 2.69. The number of hydrogen-bond donors (Lipinski definition) is 1. The summed E-state index contributed by atoms with van der Waals surface area (Å²) >= 11 is 7.52. The molecule has 24 heavy (non-hydrogen) atoms. The summed E-state index contributed by atoms with van der Waals surface area (Å²) in [5.41, 5.74) is 7.03. The molecule has 0 aliphatic heterocycles. The molecule has 4 heterocycles. The van der Waals surface area contributed by atoms with E-state index in [9.17, 15) is 8.42 Å². The lowest BCUT2D eigenvalue weighted by molar-refractivity contribution is 0.584. The fourth-order valence-corrected chi connectivity index (χ4v) is 5.93. The van der Waals surface area contributed by atoms with E-state index in [1.807, 2.05) is 11.4 Å². The second-order valence-electron chi connectivity index (χ2n) is 5.27. The van der Waals surface area contributed by atoms with Crippen LogP contribution in [-0.4, -0.2) is 28.3 Å². The topological polar surface area (TPSA) is 82.4 Å². The lowest BCUT2D eigenvalue weighted by Crippen LogP contribution is -2.14. The number of rotatable bonds is 4. The van der Waals surface area contributed by atoms with Gasteiger partial charge in [0.05, 0.1) is 0 Å². The van der Waals surface area contributed by atoms with Crippen molar-refractivity contribution in [2.24, 2.45) is 5.73 Å². The maximum Gasteiger partial charge on any atom is 0.288 e. The molecule has 0 spiro atoms. The van der Waals surface area contributed by atoms with E-state index in [-0.39, 0.29) is 10.2 Å². The number of imidazole rings is 1. The molecule has 9 heteroatoms. The third kappa shape index (κ3) is 2.18. The minimum absolute atomic E-state index is 0.0376. The van der Waals surface area contributed by atoms with E-state index in [2.05, 4.69) is 4.98 Å². The Morgan fingerprint density at radius 1 is 1.29 bits per heavy atom. The number of fused-ring (bicyclic) bond motifs is 2. The Kier molecular flexibility index (Phi) is 3.65. The van der Waals surface area contributed by atoms with Gasteiger partial charge in [0, 0.05) is 17.8 Å². The fraction of sp³-hybridized carbons (Fsp3) is 0.133. The molecule has 0 bridgehead atoms. The first-order valence-corrected chi connectivity index (χ1v) is 9.89. The fourth-order valence-electron chi connectivity index (χ4n) is 2.79. The van der Waals surface area contributed by atoms with Gasteiger partial charge < -0.3 is 5.73 Å². The van der Waals surface area contributed by atoms with Crippen LogP contribution in [0.3, 0.4) is 0 Å². The molecule has 6 nitrogen and oxygen atoms in total. The Morgan fingerprint density at radius 3 is 2.92 bits per heavy atom. The molecule has 4 aromatic heterocycles. The molecule has 4 rings (SSSR count). The highest BCUT2D eigenvalue weighted by Crippen LogP contribution is 2.32. The van der Waals surface area contributed by atoms with Crippen LogP contribution in [0.25, 0.3) is 15.9 Å². The van der Waals surface area contributed by atoms with Gasteiger partial charge in [-0.25, -0.2) is 8.96 Å². The average Bonchev–Trinajstić information content (AvgIpc) is 3.20. The Hall–Kier alpha value is -1.87. The second kappa shape index (κ2) is 5.59. The normalized spacial score (nSPS) is 12.4. The van der Waals surface area contributed by atoms with Gasteiger partial charge in [-0.2, -0.15) is 8.42 Å². The van der Waals surface area contributed by atoms with Crippen LogP contribution < -0.4 is 5.73 Å². The van der Waals surface area contributed by atoms with Crippen LogP contribution in [0.5, 0.6) is 0 Å². The second-order valence-corrected chi connectivity index (χ2v) is 8.25. The van der Waals surface area contributed by atoms with E-state index in [0.717, 1.165) is 10.9 Å². The molecule has 0 radical (unpaired) electrons. The number of nitrogens with zero attached hydrogens (tertiary/aromatic N) is 3. The van der Waals surface area contributed by atoms with Gasteiger partial charge in [-0.1, -0.05) is 17.7 Å². The molecular formula is C15H13ClN4O2S2. The van der Waals surface area contributed by atoms with Crippen molar-refractivity contribution >= 4 is 48.8 Å². The van der Waals surface area contributed by atoms with Gasteiger partial charge in [-0.3, -0.25) is 4.40 Å². The first kappa shape index (κ1) is 15.6. The zero-order chi connectivity index (χ0) is 16.9. The molecule has 0 fully saturated rings. The first-order chi connectivity index (χ1) is 11.5. The Morgan fingerprint density at radius 2 is 2.12 bits per heavy atom. The number of thiophene rings is 1. The van der Waals surface area contributed by atoms with Crippen LogP contribution in [0.2, 0.25) is 5.15 Å². The number of pyridine rings is 1. The molecular weight excluding hydrogens is 368 g/mol. The number of aromatic nitrogens is 3. The van der Waals surface area contributed by atoms with E-state index in [1.165, 1.54) is 19.7 Å². The van der Waals surface area contributed by atoms with Gasteiger partial charge in [-0.05, 0) is 42.1 Å². The van der Waals surface area contributed by atoms with Crippen LogP contribution in [-0.2, 0) is 16.4 Å². The van der Waals surface area contributed by atoms with Crippen LogP contribution in [0, 0.1) is 0 Å². The molecule has 2 N–H and O–H groups in total. The molecule has 4 aromatic rings. The predicted octanol–water partition coefficient (Wildman–Crippen LogP) is 2.74. The van der Waals surface area contributed by atoms with Crippen molar-refractivity contribution in [3.05, 3.63) is 52.8 Å². The first-order valence-electron chi connectivity index (χ1n) is 7.19. The zero-order valence-electron chi connectivity index (χ0n) is 12.4. The lowest BCUT2D eigenvalue weighted by atomic mass is 10.2. The summed E-state index contributed by atoms with van der Waals surface area (Å²) < 4.78 is 29.3. The van der Waals surface area contributed by atoms with Crippen molar-refractivity contribution in [1.29, 1.82) is 0 Å². The van der Waals surface area contributed by atoms with Crippen LogP contribution in [0.15, 0.2) is 47.1 Å². The minimum Gasteiger partial charge on any atom is -0.330 e. The summed E-state index contributed by atoms with van der Waals surface area (Å²) in [6.07, 6.45) is 3.87. The standard InChI is InChI=1S/C15H13ClN4O2S2/c16-13-15(19-7-2-1-3-12(19)18-13)24(21,22)20-9-10(4-6-17)11-5-8-23-14(11)20/h1-3,5,7-9H,4,6,17H2. The highest BCUT2D eigenvalue weighted by Gasteiger charge is 2.28. The van der Waals surface area contributed by atoms with E-state index in [4.69, 9.17) is 17.3 Å². The highest BCUT2D eigenvalue weighted by molar-refractivity contribution is 7.90. The van der Waals surface area contributed by atoms with Crippen molar-refractivity contribution in [2.45, 2.75) is 11.4 Å². The smallest absolute Gasteiger partial charge is 0.288 e.